The summed E-state index contributed by atoms with van der Waals surface area (Å²) >= 11 is 0. The van der Waals surface area contributed by atoms with Crippen molar-refractivity contribution in [2.24, 2.45) is 0 Å². The van der Waals surface area contributed by atoms with Crippen LogP contribution in [0.5, 0.6) is 0 Å². The van der Waals surface area contributed by atoms with E-state index in [1.54, 1.807) is 0 Å². The van der Waals surface area contributed by atoms with Gasteiger partial charge in [-0.3, -0.25) is 0 Å². The predicted octanol–water partition coefficient (Wildman–Crippen LogP) is -2.19. The minimum absolute atomic E-state index is 1.19. The monoisotopic (exact) mass is 360 g/mol. The minimum atomic E-state index is -1.23. The third kappa shape index (κ3) is 36.7. The van der Waals surface area contributed by atoms with Crippen LogP contribution in [-0.2, 0) is 19.2 Å². The second-order valence-electron chi connectivity index (χ2n) is 4.06. The predicted molar refractivity (Wildman–Crippen MR) is 77.3 cm³/mol. The summed E-state index contributed by atoms with van der Waals surface area (Å²) in [5.74, 6) is -4.74. The normalized spacial score (nSPS) is 13.7. The molecule has 4 unspecified atom stereocenters. The van der Waals surface area contributed by atoms with E-state index in [1.807, 2.05) is 0 Å². The van der Waals surface area contributed by atoms with E-state index in [0.717, 1.165) is 0 Å². The number of carbonyl (C=O) groups is 4. The first kappa shape index (κ1) is 29.7. The number of carboxylic acids is 4. The molecule has 0 radical (unpaired) electrons. The molecule has 0 aromatic rings. The van der Waals surface area contributed by atoms with Crippen LogP contribution in [0.25, 0.3) is 0 Å². The lowest BCUT2D eigenvalue weighted by molar-refractivity contribution is -0.146. The molecular formula is C12H24O12. The van der Waals surface area contributed by atoms with E-state index in [0.29, 0.717) is 0 Å². The second-order valence-corrected chi connectivity index (χ2v) is 4.06. The molecule has 0 heterocycles. The Morgan fingerprint density at radius 2 is 0.500 bits per heavy atom. The van der Waals surface area contributed by atoms with Crippen molar-refractivity contribution in [1.82, 2.24) is 0 Å². The quantitative estimate of drug-likeness (QED) is 0.267. The van der Waals surface area contributed by atoms with Crippen molar-refractivity contribution in [1.29, 1.82) is 0 Å². The van der Waals surface area contributed by atoms with Gasteiger partial charge in [0.15, 0.2) is 0 Å². The highest BCUT2D eigenvalue weighted by atomic mass is 16.4. The van der Waals surface area contributed by atoms with Gasteiger partial charge in [-0.2, -0.15) is 0 Å². The molecule has 0 aromatic carbocycles. The third-order valence-corrected chi connectivity index (χ3v) is 1.43. The number of rotatable bonds is 4. The van der Waals surface area contributed by atoms with Crippen LogP contribution in [0.2, 0.25) is 0 Å². The molecule has 4 atom stereocenters. The lowest BCUT2D eigenvalue weighted by Crippen LogP contribution is -2.13. The Morgan fingerprint density at radius 3 is 0.500 bits per heavy atom. The zero-order chi connectivity index (χ0) is 20.6. The van der Waals surface area contributed by atoms with Gasteiger partial charge in [-0.25, -0.2) is 19.2 Å². The van der Waals surface area contributed by atoms with Crippen LogP contribution in [-0.4, -0.2) is 89.1 Å². The molecule has 0 spiro atoms. The fourth-order valence-electron chi connectivity index (χ4n) is 0. The summed E-state index contributed by atoms with van der Waals surface area (Å²) in [6.07, 6.45) is -4.93. The van der Waals surface area contributed by atoms with Crippen molar-refractivity contribution >= 4 is 23.9 Å². The zero-order valence-electron chi connectivity index (χ0n) is 13.5. The Morgan fingerprint density at radius 1 is 0.458 bits per heavy atom. The number of hydrogen-bond acceptors (Lipinski definition) is 8. The molecule has 0 aliphatic carbocycles. The zero-order valence-corrected chi connectivity index (χ0v) is 13.5. The minimum Gasteiger partial charge on any atom is -0.479 e. The van der Waals surface area contributed by atoms with Crippen LogP contribution in [0.3, 0.4) is 0 Å². The molecule has 12 nitrogen and oxygen atoms in total. The SMILES string of the molecule is CC(O)C(=O)O.CC(O)C(=O)O.CC(O)C(=O)O.CC(O)C(=O)O. The van der Waals surface area contributed by atoms with E-state index in [-0.39, 0.29) is 0 Å². The second kappa shape index (κ2) is 17.1. The Hall–Kier alpha value is -2.28. The van der Waals surface area contributed by atoms with E-state index >= 15 is 0 Å². The van der Waals surface area contributed by atoms with Crippen molar-refractivity contribution in [2.45, 2.75) is 52.1 Å². The van der Waals surface area contributed by atoms with Gasteiger partial charge in [-0.1, -0.05) is 0 Å². The highest BCUT2D eigenvalue weighted by Crippen LogP contribution is 1.74. The van der Waals surface area contributed by atoms with Crippen molar-refractivity contribution < 1.29 is 60.0 Å². The van der Waals surface area contributed by atoms with E-state index in [9.17, 15) is 19.2 Å². The first-order chi connectivity index (χ1) is 10.6. The van der Waals surface area contributed by atoms with Crippen molar-refractivity contribution in [3.05, 3.63) is 0 Å². The standard InChI is InChI=1S/4C3H6O3/c4*1-2(4)3(5)6/h4*2,4H,1H3,(H,5,6). The Labute approximate surface area is 137 Å². The summed E-state index contributed by atoms with van der Waals surface area (Å²) in [5.41, 5.74) is 0. The van der Waals surface area contributed by atoms with Crippen LogP contribution in [0.1, 0.15) is 27.7 Å². The fraction of sp³-hybridized carbons (Fsp3) is 0.667. The molecule has 12 heteroatoms. The maximum absolute atomic E-state index is 9.45. The van der Waals surface area contributed by atoms with Gasteiger partial charge in [0, 0.05) is 0 Å². The Kier molecular flexibility index (Phi) is 21.1. The van der Waals surface area contributed by atoms with Gasteiger partial charge >= 0.3 is 23.9 Å². The lowest BCUT2D eigenvalue weighted by atomic mass is 10.4. The summed E-state index contributed by atoms with van der Waals surface area (Å²) in [7, 11) is 0. The molecular weight excluding hydrogens is 336 g/mol. The van der Waals surface area contributed by atoms with Gasteiger partial charge in [-0.15, -0.1) is 0 Å². The van der Waals surface area contributed by atoms with Crippen molar-refractivity contribution in [3.8, 4) is 0 Å². The van der Waals surface area contributed by atoms with Gasteiger partial charge in [0.05, 0.1) is 0 Å². The largest absolute Gasteiger partial charge is 0.479 e. The van der Waals surface area contributed by atoms with E-state index < -0.39 is 48.3 Å². The molecule has 0 fully saturated rings. The molecule has 0 rings (SSSR count). The molecule has 8 N–H and O–H groups in total. The van der Waals surface area contributed by atoms with Crippen molar-refractivity contribution in [3.63, 3.8) is 0 Å². The lowest BCUT2D eigenvalue weighted by Gasteiger charge is -1.89. The van der Waals surface area contributed by atoms with Crippen molar-refractivity contribution in [2.75, 3.05) is 0 Å². The van der Waals surface area contributed by atoms with Crippen LogP contribution >= 0.6 is 0 Å². The molecule has 0 saturated carbocycles. The molecule has 0 aliphatic heterocycles. The first-order valence-corrected chi connectivity index (χ1v) is 6.21. The third-order valence-electron chi connectivity index (χ3n) is 1.43. The highest BCUT2D eigenvalue weighted by Gasteiger charge is 2.02. The van der Waals surface area contributed by atoms with Crippen LogP contribution in [0.15, 0.2) is 0 Å². The number of hydrogen-bond donors (Lipinski definition) is 8. The Bertz CT molecular complexity index is 300. The molecule has 24 heavy (non-hydrogen) atoms. The number of aliphatic hydroxyl groups excluding tert-OH is 4. The molecule has 144 valence electrons. The fourth-order valence-corrected chi connectivity index (χ4v) is 0. The van der Waals surface area contributed by atoms with E-state index in [1.165, 1.54) is 27.7 Å². The topological polar surface area (TPSA) is 230 Å². The average Bonchev–Trinajstić information content (AvgIpc) is 2.40. The average molecular weight is 360 g/mol. The van der Waals surface area contributed by atoms with Crippen LogP contribution in [0, 0.1) is 0 Å². The molecule has 0 bridgehead atoms. The first-order valence-electron chi connectivity index (χ1n) is 6.21. The number of aliphatic hydroxyl groups is 4. The number of aliphatic carboxylic acids is 4. The molecule has 0 aliphatic rings. The van der Waals surface area contributed by atoms with Gasteiger partial charge in [0.25, 0.3) is 0 Å². The summed E-state index contributed by atoms with van der Waals surface area (Å²) in [5, 5.41) is 63.1. The van der Waals surface area contributed by atoms with Gasteiger partial charge in [0.1, 0.15) is 24.4 Å². The molecule has 0 aromatic heterocycles. The summed E-state index contributed by atoms with van der Waals surface area (Å²) in [4.78, 5) is 37.8. The van der Waals surface area contributed by atoms with Crippen LogP contribution < -0.4 is 0 Å². The van der Waals surface area contributed by atoms with E-state index in [2.05, 4.69) is 0 Å². The summed E-state index contributed by atoms with van der Waals surface area (Å²) in [6, 6.07) is 0. The molecule has 0 amide bonds. The summed E-state index contributed by atoms with van der Waals surface area (Å²) in [6.45, 7) is 4.79. The maximum Gasteiger partial charge on any atom is 0.332 e. The van der Waals surface area contributed by atoms with Gasteiger partial charge in [0.2, 0.25) is 0 Å². The smallest absolute Gasteiger partial charge is 0.332 e. The maximum atomic E-state index is 9.45. The summed E-state index contributed by atoms with van der Waals surface area (Å²) < 4.78 is 0. The molecule has 0 saturated heterocycles. The van der Waals surface area contributed by atoms with E-state index in [4.69, 9.17) is 40.9 Å². The number of carboxylic acid groups (broad SMARTS) is 4. The van der Waals surface area contributed by atoms with Gasteiger partial charge in [-0.05, 0) is 27.7 Å². The van der Waals surface area contributed by atoms with Gasteiger partial charge < -0.3 is 40.9 Å². The van der Waals surface area contributed by atoms with Crippen LogP contribution in [0.4, 0.5) is 0 Å². The Balaban J connectivity index is -0.000000111. The highest BCUT2D eigenvalue weighted by molar-refractivity contribution is 5.72.